The molecule has 10 aromatic rings. The Morgan fingerprint density at radius 2 is 0.977 bits per heavy atom. The third kappa shape index (κ3) is 3.30. The maximum Gasteiger partial charge on any atom is 0.227 e. The van der Waals surface area contributed by atoms with E-state index in [-0.39, 0.29) is 0 Å². The fraction of sp³-hybridized carbons (Fsp3) is 0. The summed E-state index contributed by atoms with van der Waals surface area (Å²) in [5.41, 5.74) is 7.28. The van der Waals surface area contributed by atoms with Gasteiger partial charge in [-0.1, -0.05) is 66.7 Å². The molecule has 5 aromatic heterocycles. The monoisotopic (exact) mass is 567 g/mol. The summed E-state index contributed by atoms with van der Waals surface area (Å²) < 4.78 is 18.6. The van der Waals surface area contributed by atoms with Crippen molar-refractivity contribution in [3.8, 4) is 0 Å². The summed E-state index contributed by atoms with van der Waals surface area (Å²) in [7, 11) is 0. The summed E-state index contributed by atoms with van der Waals surface area (Å²) in [4.78, 5) is 11.7. The highest BCUT2D eigenvalue weighted by Crippen LogP contribution is 2.42. The number of hydrogen-bond acceptors (Lipinski definition) is 6. The van der Waals surface area contributed by atoms with Crippen LogP contribution in [0.25, 0.3) is 76.8 Å². The van der Waals surface area contributed by atoms with E-state index in [9.17, 15) is 0 Å². The van der Waals surface area contributed by atoms with Gasteiger partial charge in [-0.05, 0) is 53.9 Å². The van der Waals surface area contributed by atoms with Crippen LogP contribution in [-0.2, 0) is 0 Å². The molecule has 0 aliphatic heterocycles. The summed E-state index contributed by atoms with van der Waals surface area (Å²) in [6.45, 7) is 0. The van der Waals surface area contributed by atoms with Gasteiger partial charge >= 0.3 is 0 Å². The van der Waals surface area contributed by atoms with Crippen LogP contribution in [0.2, 0.25) is 0 Å². The smallest absolute Gasteiger partial charge is 0.227 e. The zero-order valence-corrected chi connectivity index (χ0v) is 23.2. The average Bonchev–Trinajstić information content (AvgIpc) is 3.76. The van der Waals surface area contributed by atoms with Crippen molar-refractivity contribution in [3.63, 3.8) is 0 Å². The molecule has 0 bridgehead atoms. The fourth-order valence-corrected chi connectivity index (χ4v) is 6.52. The average molecular weight is 568 g/mol. The molecule has 0 saturated carbocycles. The van der Waals surface area contributed by atoms with E-state index in [1.54, 1.807) is 0 Å². The lowest BCUT2D eigenvalue weighted by Gasteiger charge is -2.25. The van der Waals surface area contributed by atoms with Crippen molar-refractivity contribution in [2.24, 2.45) is 0 Å². The molecular formula is C38H21N3O3. The Bertz CT molecular complexity index is 2640. The van der Waals surface area contributed by atoms with E-state index in [4.69, 9.17) is 23.2 Å². The van der Waals surface area contributed by atoms with Gasteiger partial charge in [0.15, 0.2) is 0 Å². The molecule has 0 saturated heterocycles. The second kappa shape index (κ2) is 8.69. The second-order valence-corrected chi connectivity index (χ2v) is 11.1. The lowest BCUT2D eigenvalue weighted by molar-refractivity contribution is 0.654. The summed E-state index contributed by atoms with van der Waals surface area (Å²) in [6.07, 6.45) is 3.71. The van der Waals surface area contributed by atoms with Gasteiger partial charge in [-0.3, -0.25) is 0 Å². The number of anilines is 3. The van der Waals surface area contributed by atoms with E-state index < -0.39 is 0 Å². The highest BCUT2D eigenvalue weighted by atomic mass is 16.3. The van der Waals surface area contributed by atoms with Crippen molar-refractivity contribution in [2.75, 3.05) is 4.90 Å². The van der Waals surface area contributed by atoms with E-state index in [1.165, 1.54) is 0 Å². The van der Waals surface area contributed by atoms with E-state index in [0.29, 0.717) is 11.4 Å². The van der Waals surface area contributed by atoms with Gasteiger partial charge in [0.2, 0.25) is 11.4 Å². The van der Waals surface area contributed by atoms with Gasteiger partial charge in [-0.25, -0.2) is 9.97 Å². The Labute approximate surface area is 249 Å². The zero-order valence-electron chi connectivity index (χ0n) is 23.2. The minimum atomic E-state index is 0.604. The fourth-order valence-electron chi connectivity index (χ4n) is 6.52. The van der Waals surface area contributed by atoms with Crippen molar-refractivity contribution in [2.45, 2.75) is 0 Å². The van der Waals surface area contributed by atoms with Gasteiger partial charge in [-0.2, -0.15) is 0 Å². The Balaban J connectivity index is 1.24. The normalized spacial score (nSPS) is 12.1. The van der Waals surface area contributed by atoms with Crippen LogP contribution in [0.3, 0.4) is 0 Å². The number of para-hydroxylation sites is 2. The molecule has 0 N–H and O–H groups in total. The Morgan fingerprint density at radius 1 is 0.409 bits per heavy atom. The van der Waals surface area contributed by atoms with Gasteiger partial charge in [0, 0.05) is 32.6 Å². The molecule has 0 radical (unpaired) electrons. The maximum absolute atomic E-state index is 6.43. The van der Waals surface area contributed by atoms with Crippen LogP contribution in [0.4, 0.5) is 17.1 Å². The van der Waals surface area contributed by atoms with Gasteiger partial charge < -0.3 is 18.2 Å². The summed E-state index contributed by atoms with van der Waals surface area (Å²) in [5, 5.41) is 8.31. The number of nitrogens with zero attached hydrogens (tertiary/aromatic N) is 3. The molecule has 0 fully saturated rings. The first-order valence-electron chi connectivity index (χ1n) is 14.5. The minimum Gasteiger partial charge on any atom is -0.455 e. The molecule has 0 atom stereocenters. The van der Waals surface area contributed by atoms with Crippen LogP contribution in [0.5, 0.6) is 0 Å². The summed E-state index contributed by atoms with van der Waals surface area (Å²) in [5.74, 6) is 0. The number of hydrogen-bond donors (Lipinski definition) is 0. The van der Waals surface area contributed by atoms with Crippen LogP contribution >= 0.6 is 0 Å². The van der Waals surface area contributed by atoms with Crippen molar-refractivity contribution < 1.29 is 13.3 Å². The quantitative estimate of drug-likeness (QED) is 0.212. The molecular weight excluding hydrogens is 546 g/mol. The van der Waals surface area contributed by atoms with E-state index in [1.807, 2.05) is 60.9 Å². The highest BCUT2D eigenvalue weighted by Gasteiger charge is 2.20. The van der Waals surface area contributed by atoms with Gasteiger partial charge in [0.1, 0.15) is 22.3 Å². The second-order valence-electron chi connectivity index (χ2n) is 11.1. The number of aromatic nitrogens is 2. The van der Waals surface area contributed by atoms with Crippen LogP contribution in [0.15, 0.2) is 141 Å². The summed E-state index contributed by atoms with van der Waals surface area (Å²) in [6, 6.07) is 39.3. The standard InChI is InChI=1S/C38H21N3O3/c1-2-8-26-22(7-1)13-15-29-30-17-23(14-16-35(30)42-36(26)29)41(24-18-31-27-9-3-5-11-33(27)43-37(31)39-20-24)25-19-32-28-10-4-6-12-34(28)44-38(32)40-21-25/h1-21H. The minimum absolute atomic E-state index is 0.604. The zero-order chi connectivity index (χ0) is 28.8. The van der Waals surface area contributed by atoms with Crippen LogP contribution in [-0.4, -0.2) is 9.97 Å². The van der Waals surface area contributed by atoms with Crippen LogP contribution in [0, 0.1) is 0 Å². The van der Waals surface area contributed by atoms with Gasteiger partial charge in [0.05, 0.1) is 34.5 Å². The van der Waals surface area contributed by atoms with Gasteiger partial charge in [0.25, 0.3) is 0 Å². The molecule has 0 unspecified atom stereocenters. The highest BCUT2D eigenvalue weighted by molar-refractivity contribution is 6.16. The number of furan rings is 3. The third-order valence-corrected chi connectivity index (χ3v) is 8.56. The van der Waals surface area contributed by atoms with Crippen LogP contribution in [0.1, 0.15) is 0 Å². The summed E-state index contributed by atoms with van der Waals surface area (Å²) >= 11 is 0. The molecule has 10 rings (SSSR count). The van der Waals surface area contributed by atoms with Crippen molar-refractivity contribution >= 4 is 93.9 Å². The molecule has 0 aliphatic rings. The molecule has 0 amide bonds. The third-order valence-electron chi connectivity index (χ3n) is 8.56. The predicted molar refractivity (Wildman–Crippen MR) is 176 cm³/mol. The number of rotatable bonds is 3. The molecule has 6 heteroatoms. The molecule has 206 valence electrons. The Kier molecular flexibility index (Phi) is 4.63. The number of benzene rings is 5. The van der Waals surface area contributed by atoms with Crippen molar-refractivity contribution in [1.82, 2.24) is 9.97 Å². The topological polar surface area (TPSA) is 68.4 Å². The lowest BCUT2D eigenvalue weighted by atomic mass is 10.1. The largest absolute Gasteiger partial charge is 0.455 e. The first kappa shape index (κ1) is 23.4. The van der Waals surface area contributed by atoms with Gasteiger partial charge in [-0.15, -0.1) is 0 Å². The number of pyridine rings is 2. The lowest BCUT2D eigenvalue weighted by Crippen LogP contribution is -2.10. The molecule has 6 nitrogen and oxygen atoms in total. The molecule has 44 heavy (non-hydrogen) atoms. The Morgan fingerprint density at radius 3 is 1.66 bits per heavy atom. The van der Waals surface area contributed by atoms with Crippen molar-refractivity contribution in [3.05, 3.63) is 128 Å². The maximum atomic E-state index is 6.43. The van der Waals surface area contributed by atoms with E-state index in [0.717, 1.165) is 82.5 Å². The van der Waals surface area contributed by atoms with E-state index in [2.05, 4.69) is 71.6 Å². The molecule has 0 aliphatic carbocycles. The predicted octanol–water partition coefficient (Wildman–Crippen LogP) is 10.8. The molecule has 5 aromatic carbocycles. The SMILES string of the molecule is c1ccc2c(c1)ccc1c3cc(N(c4cnc5oc6ccccc6c5c4)c4cnc5oc6ccccc6c5c4)ccc3oc21. The number of fused-ring (bicyclic) bond motifs is 11. The Hall–Kier alpha value is -6.14. The molecule has 5 heterocycles. The van der Waals surface area contributed by atoms with Crippen molar-refractivity contribution in [1.29, 1.82) is 0 Å². The first-order valence-corrected chi connectivity index (χ1v) is 14.5. The van der Waals surface area contributed by atoms with E-state index >= 15 is 0 Å². The molecule has 0 spiro atoms. The van der Waals surface area contributed by atoms with Crippen LogP contribution < -0.4 is 4.90 Å². The first-order chi connectivity index (χ1) is 21.8.